The zero-order valence-electron chi connectivity index (χ0n) is 9.18. The average Bonchev–Trinajstić information content (AvgIpc) is 2.18. The summed E-state index contributed by atoms with van der Waals surface area (Å²) in [5.41, 5.74) is 0. The summed E-state index contributed by atoms with van der Waals surface area (Å²) in [4.78, 5) is 19.6. The number of carboxylic acids is 1. The van der Waals surface area contributed by atoms with Crippen LogP contribution in [0.5, 0.6) is 0 Å². The van der Waals surface area contributed by atoms with Crippen molar-refractivity contribution in [2.45, 2.75) is 13.8 Å². The Morgan fingerprint density at radius 3 is 1.88 bits per heavy atom. The first-order valence-electron chi connectivity index (χ1n) is 4.53. The lowest BCUT2D eigenvalue weighted by Crippen LogP contribution is -1.87. The van der Waals surface area contributed by atoms with E-state index >= 15 is 0 Å². The second-order valence-electron chi connectivity index (χ2n) is 2.16. The van der Waals surface area contributed by atoms with Gasteiger partial charge < -0.3 is 14.6 Å². The third-order valence-electron chi connectivity index (χ3n) is 0.935. The topological polar surface area (TPSA) is 72.8 Å². The van der Waals surface area contributed by atoms with E-state index in [9.17, 15) is 9.59 Å². The van der Waals surface area contributed by atoms with Gasteiger partial charge in [0.2, 0.25) is 5.24 Å². The van der Waals surface area contributed by atoms with Crippen LogP contribution in [0.25, 0.3) is 0 Å². The molecule has 6 heteroatoms. The molecule has 16 heavy (non-hydrogen) atoms. The molecule has 0 saturated carbocycles. The van der Waals surface area contributed by atoms with Crippen molar-refractivity contribution in [1.82, 2.24) is 0 Å². The van der Waals surface area contributed by atoms with Crippen molar-refractivity contribution in [1.29, 1.82) is 0 Å². The lowest BCUT2D eigenvalue weighted by molar-refractivity contribution is -0.131. The van der Waals surface area contributed by atoms with Crippen LogP contribution >= 0.6 is 11.6 Å². The summed E-state index contributed by atoms with van der Waals surface area (Å²) >= 11 is 4.91. The molecular weight excluding hydrogens is 236 g/mol. The molecule has 0 unspecified atom stereocenters. The fourth-order valence-electron chi connectivity index (χ4n) is 0.400. The standard InChI is InChI=1S/C5H7ClO2.C5H8O3/c2*1-2-8-4-3-5(6)7/h3-4H,2H2,1H3;3-4H,2H2,1H3,(H,6,7)/b2*4-3+. The lowest BCUT2D eigenvalue weighted by Gasteiger charge is -1.87. The summed E-state index contributed by atoms with van der Waals surface area (Å²) in [6.07, 6.45) is 4.53. The minimum Gasteiger partial charge on any atom is -0.501 e. The van der Waals surface area contributed by atoms with Crippen molar-refractivity contribution in [3.8, 4) is 0 Å². The van der Waals surface area contributed by atoms with Crippen molar-refractivity contribution < 1.29 is 24.2 Å². The average molecular weight is 251 g/mol. The smallest absolute Gasteiger partial charge is 0.331 e. The number of carbonyl (C=O) groups is 2. The monoisotopic (exact) mass is 250 g/mol. The zero-order valence-corrected chi connectivity index (χ0v) is 9.94. The molecule has 0 aromatic carbocycles. The zero-order chi connectivity index (χ0) is 12.8. The van der Waals surface area contributed by atoms with E-state index < -0.39 is 11.2 Å². The molecule has 0 aliphatic rings. The fraction of sp³-hybridized carbons (Fsp3) is 0.400. The minimum atomic E-state index is -0.988. The third-order valence-corrected chi connectivity index (χ3v) is 1.06. The number of allylic oxidation sites excluding steroid dienone is 1. The molecule has 0 radical (unpaired) electrons. The highest BCUT2D eigenvalue weighted by atomic mass is 35.5. The van der Waals surface area contributed by atoms with Gasteiger partial charge in [0.15, 0.2) is 0 Å². The van der Waals surface area contributed by atoms with Crippen molar-refractivity contribution in [3.05, 3.63) is 24.7 Å². The molecule has 0 bridgehead atoms. The van der Waals surface area contributed by atoms with Crippen LogP contribution in [-0.2, 0) is 19.1 Å². The normalized spacial score (nSPS) is 9.69. The van der Waals surface area contributed by atoms with E-state index in [1.165, 1.54) is 6.26 Å². The lowest BCUT2D eigenvalue weighted by atomic mass is 10.6. The van der Waals surface area contributed by atoms with E-state index in [4.69, 9.17) is 16.7 Å². The van der Waals surface area contributed by atoms with Gasteiger partial charge in [-0.15, -0.1) is 0 Å². The van der Waals surface area contributed by atoms with Gasteiger partial charge in [0.1, 0.15) is 0 Å². The van der Waals surface area contributed by atoms with Gasteiger partial charge in [0.25, 0.3) is 0 Å². The van der Waals surface area contributed by atoms with E-state index in [1.807, 2.05) is 6.92 Å². The summed E-state index contributed by atoms with van der Waals surface area (Å²) in [6.45, 7) is 4.67. The molecule has 0 spiro atoms. The molecule has 0 saturated heterocycles. The SMILES string of the molecule is CCO/C=C/C(=O)Cl.CCO/C=C/C(=O)O. The number of carbonyl (C=O) groups excluding carboxylic acids is 1. The van der Waals surface area contributed by atoms with Gasteiger partial charge in [-0.2, -0.15) is 0 Å². The Morgan fingerprint density at radius 2 is 1.56 bits per heavy atom. The minimum absolute atomic E-state index is 0.504. The quantitative estimate of drug-likeness (QED) is 0.443. The van der Waals surface area contributed by atoms with Crippen LogP contribution in [0.3, 0.4) is 0 Å². The maximum Gasteiger partial charge on any atom is 0.331 e. The Kier molecular flexibility index (Phi) is 14.3. The molecule has 92 valence electrons. The highest BCUT2D eigenvalue weighted by Crippen LogP contribution is 1.82. The summed E-state index contributed by atoms with van der Waals surface area (Å²) < 4.78 is 9.24. The number of carboxylic acid groups (broad SMARTS) is 1. The highest BCUT2D eigenvalue weighted by molar-refractivity contribution is 6.66. The predicted molar refractivity (Wildman–Crippen MR) is 60.0 cm³/mol. The molecule has 0 amide bonds. The summed E-state index contributed by atoms with van der Waals surface area (Å²) in [7, 11) is 0. The van der Waals surface area contributed by atoms with Gasteiger partial charge in [-0.05, 0) is 25.4 Å². The first kappa shape index (κ1) is 16.9. The third kappa shape index (κ3) is 22.9. The molecule has 0 aromatic heterocycles. The van der Waals surface area contributed by atoms with Gasteiger partial charge in [-0.25, -0.2) is 4.79 Å². The van der Waals surface area contributed by atoms with E-state index in [1.54, 1.807) is 6.92 Å². The van der Waals surface area contributed by atoms with E-state index in [0.29, 0.717) is 13.2 Å². The van der Waals surface area contributed by atoms with Crippen LogP contribution in [-0.4, -0.2) is 29.5 Å². The number of rotatable bonds is 6. The Bertz CT molecular complexity index is 222. The fourth-order valence-corrected chi connectivity index (χ4v) is 0.452. The number of halogens is 1. The molecule has 0 aliphatic heterocycles. The molecule has 0 fully saturated rings. The van der Waals surface area contributed by atoms with E-state index in [-0.39, 0.29) is 0 Å². The van der Waals surface area contributed by atoms with Crippen molar-refractivity contribution >= 4 is 22.8 Å². The van der Waals surface area contributed by atoms with Crippen LogP contribution in [0.4, 0.5) is 0 Å². The first-order valence-corrected chi connectivity index (χ1v) is 4.91. The van der Waals surface area contributed by atoms with Crippen LogP contribution in [0.1, 0.15) is 13.8 Å². The Labute approximate surface area is 99.3 Å². The predicted octanol–water partition coefficient (Wildman–Crippen LogP) is 1.92. The number of hydrogen-bond donors (Lipinski definition) is 1. The van der Waals surface area contributed by atoms with Gasteiger partial charge in [0.05, 0.1) is 31.8 Å². The molecule has 0 atom stereocenters. The van der Waals surface area contributed by atoms with Gasteiger partial charge in [-0.3, -0.25) is 4.79 Å². The van der Waals surface area contributed by atoms with Crippen LogP contribution in [0.15, 0.2) is 24.7 Å². The molecule has 5 nitrogen and oxygen atoms in total. The molecule has 0 aromatic rings. The maximum atomic E-state index is 9.92. The van der Waals surface area contributed by atoms with Crippen molar-refractivity contribution in [3.63, 3.8) is 0 Å². The van der Waals surface area contributed by atoms with Crippen LogP contribution in [0, 0.1) is 0 Å². The second-order valence-corrected chi connectivity index (χ2v) is 2.53. The largest absolute Gasteiger partial charge is 0.501 e. The highest BCUT2D eigenvalue weighted by Gasteiger charge is 1.82. The van der Waals surface area contributed by atoms with Gasteiger partial charge in [-0.1, -0.05) is 0 Å². The molecule has 0 heterocycles. The van der Waals surface area contributed by atoms with Gasteiger partial charge >= 0.3 is 5.97 Å². The Balaban J connectivity index is 0. The Hall–Kier alpha value is -1.49. The Morgan fingerprint density at radius 1 is 1.12 bits per heavy atom. The second kappa shape index (κ2) is 13.5. The summed E-state index contributed by atoms with van der Waals surface area (Å²) in [5.74, 6) is -0.988. The van der Waals surface area contributed by atoms with Crippen molar-refractivity contribution in [2.75, 3.05) is 13.2 Å². The number of ether oxygens (including phenoxy) is 2. The first-order chi connectivity index (χ1) is 7.54. The van der Waals surface area contributed by atoms with E-state index in [0.717, 1.165) is 18.4 Å². The van der Waals surface area contributed by atoms with Crippen LogP contribution in [0.2, 0.25) is 0 Å². The molecule has 1 N–H and O–H groups in total. The van der Waals surface area contributed by atoms with Gasteiger partial charge in [0, 0.05) is 6.08 Å². The number of aliphatic carboxylic acids is 1. The van der Waals surface area contributed by atoms with Crippen LogP contribution < -0.4 is 0 Å². The van der Waals surface area contributed by atoms with Crippen molar-refractivity contribution in [2.24, 2.45) is 0 Å². The molecule has 0 rings (SSSR count). The molecule has 0 aliphatic carbocycles. The summed E-state index contributed by atoms with van der Waals surface area (Å²) in [5, 5.41) is 7.46. The maximum absolute atomic E-state index is 9.92. The summed E-state index contributed by atoms with van der Waals surface area (Å²) in [6, 6.07) is 0. The number of hydrogen-bond acceptors (Lipinski definition) is 4. The molecular formula is C10H15ClO5. The van der Waals surface area contributed by atoms with E-state index in [2.05, 4.69) is 9.47 Å².